The molecule has 2 aliphatic heterocycles. The molecular formula is C20H33N3O2S. The fourth-order valence-electron chi connectivity index (χ4n) is 3.98. The maximum atomic E-state index is 12.6. The smallest absolute Gasteiger partial charge is 0.219 e. The molecule has 3 rings (SSSR count). The number of benzene rings is 1. The van der Waals surface area contributed by atoms with Crippen molar-refractivity contribution in [2.24, 2.45) is 0 Å². The quantitative estimate of drug-likeness (QED) is 0.806. The average molecular weight is 380 g/mol. The van der Waals surface area contributed by atoms with Crippen LogP contribution in [0.3, 0.4) is 0 Å². The first-order valence-corrected chi connectivity index (χ1v) is 11.2. The Kier molecular flexibility index (Phi) is 6.07. The van der Waals surface area contributed by atoms with Crippen LogP contribution in [-0.2, 0) is 16.6 Å². The molecule has 2 fully saturated rings. The fraction of sp³-hybridized carbons (Fsp3) is 0.700. The van der Waals surface area contributed by atoms with E-state index in [1.54, 1.807) is 25.1 Å². The van der Waals surface area contributed by atoms with Crippen molar-refractivity contribution in [3.8, 4) is 0 Å². The molecule has 6 heteroatoms. The van der Waals surface area contributed by atoms with Crippen LogP contribution in [0.5, 0.6) is 0 Å². The molecule has 0 atom stereocenters. The summed E-state index contributed by atoms with van der Waals surface area (Å²) in [7, 11) is -3.20. The molecule has 0 unspecified atom stereocenters. The fourth-order valence-corrected chi connectivity index (χ4v) is 5.40. The monoisotopic (exact) mass is 379 g/mol. The van der Waals surface area contributed by atoms with Crippen LogP contribution in [0.25, 0.3) is 0 Å². The third kappa shape index (κ3) is 4.47. The van der Waals surface area contributed by atoms with Gasteiger partial charge in [-0.15, -0.1) is 0 Å². The molecule has 2 heterocycles. The number of hydrogen-bond acceptors (Lipinski definition) is 4. The van der Waals surface area contributed by atoms with Gasteiger partial charge >= 0.3 is 0 Å². The second-order valence-corrected chi connectivity index (χ2v) is 11.2. The maximum Gasteiger partial charge on any atom is 0.219 e. The van der Waals surface area contributed by atoms with Gasteiger partial charge in [0, 0.05) is 38.8 Å². The largest absolute Gasteiger partial charge is 0.299 e. The van der Waals surface area contributed by atoms with E-state index >= 15 is 0 Å². The Morgan fingerprint density at radius 1 is 0.923 bits per heavy atom. The van der Waals surface area contributed by atoms with Crippen molar-refractivity contribution in [3.05, 3.63) is 35.9 Å². The Balaban J connectivity index is 1.47. The van der Waals surface area contributed by atoms with Gasteiger partial charge in [0.25, 0.3) is 0 Å². The van der Waals surface area contributed by atoms with E-state index in [1.807, 2.05) is 0 Å². The summed E-state index contributed by atoms with van der Waals surface area (Å²) in [4.78, 5) is 5.04. The lowest BCUT2D eigenvalue weighted by atomic mass is 10.0. The summed E-state index contributed by atoms with van der Waals surface area (Å²) in [5, 5.41) is 0. The Morgan fingerprint density at radius 2 is 1.50 bits per heavy atom. The molecule has 0 N–H and O–H groups in total. The topological polar surface area (TPSA) is 43.9 Å². The lowest BCUT2D eigenvalue weighted by Gasteiger charge is -2.43. The standard InChI is InChI=1S/C20H33N3O2S/c1-20(2,3)26(24,25)23-15-13-22(14-16-23)19-9-11-21(12-10-19)17-18-7-5-4-6-8-18/h4-8,19H,9-17H2,1-3H3. The molecule has 0 bridgehead atoms. The Hall–Kier alpha value is -0.950. The van der Waals surface area contributed by atoms with Crippen molar-refractivity contribution in [3.63, 3.8) is 0 Å². The van der Waals surface area contributed by atoms with Gasteiger partial charge in [-0.3, -0.25) is 9.80 Å². The normalized spacial score (nSPS) is 22.6. The molecule has 1 aromatic rings. The van der Waals surface area contributed by atoms with Crippen molar-refractivity contribution in [1.29, 1.82) is 0 Å². The van der Waals surface area contributed by atoms with Crippen LogP contribution in [0, 0.1) is 0 Å². The van der Waals surface area contributed by atoms with Gasteiger partial charge in [0.15, 0.2) is 0 Å². The molecule has 26 heavy (non-hydrogen) atoms. The molecule has 2 aliphatic rings. The molecule has 146 valence electrons. The third-order valence-electron chi connectivity index (χ3n) is 5.71. The number of sulfonamides is 1. The van der Waals surface area contributed by atoms with Crippen molar-refractivity contribution in [2.45, 2.75) is 50.9 Å². The summed E-state index contributed by atoms with van der Waals surface area (Å²) in [5.74, 6) is 0. The van der Waals surface area contributed by atoms with E-state index in [-0.39, 0.29) is 0 Å². The predicted molar refractivity (Wildman–Crippen MR) is 107 cm³/mol. The van der Waals surface area contributed by atoms with Crippen LogP contribution in [0.2, 0.25) is 0 Å². The minimum absolute atomic E-state index is 0.599. The third-order valence-corrected chi connectivity index (χ3v) is 8.30. The summed E-state index contributed by atoms with van der Waals surface area (Å²) in [6.07, 6.45) is 2.36. The first kappa shape index (κ1) is 19.8. The predicted octanol–water partition coefficient (Wildman–Crippen LogP) is 2.40. The first-order valence-electron chi connectivity index (χ1n) is 9.77. The zero-order chi connectivity index (χ0) is 18.8. The summed E-state index contributed by atoms with van der Waals surface area (Å²) in [5.41, 5.74) is 1.38. The maximum absolute atomic E-state index is 12.6. The minimum atomic E-state index is -3.20. The number of hydrogen-bond donors (Lipinski definition) is 0. The second-order valence-electron chi connectivity index (χ2n) is 8.55. The van der Waals surface area contributed by atoms with E-state index in [0.717, 1.165) is 32.7 Å². The van der Waals surface area contributed by atoms with E-state index in [1.165, 1.54) is 18.4 Å². The van der Waals surface area contributed by atoms with Gasteiger partial charge in [-0.1, -0.05) is 30.3 Å². The highest BCUT2D eigenvalue weighted by Crippen LogP contribution is 2.24. The Labute approximate surface area is 159 Å². The van der Waals surface area contributed by atoms with Gasteiger partial charge in [0.05, 0.1) is 4.75 Å². The first-order chi connectivity index (χ1) is 12.3. The minimum Gasteiger partial charge on any atom is -0.299 e. The van der Waals surface area contributed by atoms with Crippen LogP contribution >= 0.6 is 0 Å². The van der Waals surface area contributed by atoms with Gasteiger partial charge < -0.3 is 0 Å². The molecule has 5 nitrogen and oxygen atoms in total. The van der Waals surface area contributed by atoms with E-state index in [0.29, 0.717) is 19.1 Å². The number of piperidine rings is 1. The molecular weight excluding hydrogens is 346 g/mol. The Bertz CT molecular complexity index is 669. The van der Waals surface area contributed by atoms with E-state index in [2.05, 4.69) is 40.1 Å². The molecule has 0 amide bonds. The van der Waals surface area contributed by atoms with E-state index < -0.39 is 14.8 Å². The van der Waals surface area contributed by atoms with Gasteiger partial charge in [0.2, 0.25) is 10.0 Å². The summed E-state index contributed by atoms with van der Waals surface area (Å²) in [6.45, 7) is 11.6. The summed E-state index contributed by atoms with van der Waals surface area (Å²) in [6, 6.07) is 11.3. The highest BCUT2D eigenvalue weighted by Gasteiger charge is 2.38. The van der Waals surface area contributed by atoms with Gasteiger partial charge in [-0.2, -0.15) is 4.31 Å². The molecule has 0 saturated carbocycles. The van der Waals surface area contributed by atoms with Gasteiger partial charge in [0.1, 0.15) is 0 Å². The SMILES string of the molecule is CC(C)(C)S(=O)(=O)N1CCN(C2CCN(Cc3ccccc3)CC2)CC1. The van der Waals surface area contributed by atoms with E-state index in [4.69, 9.17) is 0 Å². The molecule has 0 radical (unpaired) electrons. The molecule has 1 aromatic carbocycles. The summed E-state index contributed by atoms with van der Waals surface area (Å²) >= 11 is 0. The molecule has 0 spiro atoms. The van der Waals surface area contributed by atoms with Crippen molar-refractivity contribution in [2.75, 3.05) is 39.3 Å². The average Bonchev–Trinajstić information content (AvgIpc) is 2.62. The lowest BCUT2D eigenvalue weighted by molar-refractivity contribution is 0.0781. The second kappa shape index (κ2) is 7.97. The zero-order valence-corrected chi connectivity index (χ0v) is 17.2. The van der Waals surface area contributed by atoms with Crippen molar-refractivity contribution < 1.29 is 8.42 Å². The Morgan fingerprint density at radius 3 is 2.04 bits per heavy atom. The van der Waals surface area contributed by atoms with Crippen LogP contribution in [0.4, 0.5) is 0 Å². The van der Waals surface area contributed by atoms with Crippen molar-refractivity contribution >= 4 is 10.0 Å². The van der Waals surface area contributed by atoms with Gasteiger partial charge in [-0.25, -0.2) is 8.42 Å². The number of rotatable bonds is 4. The summed E-state index contributed by atoms with van der Waals surface area (Å²) < 4.78 is 26.2. The zero-order valence-electron chi connectivity index (χ0n) is 16.4. The van der Waals surface area contributed by atoms with E-state index in [9.17, 15) is 8.42 Å². The van der Waals surface area contributed by atoms with Crippen LogP contribution in [0.15, 0.2) is 30.3 Å². The van der Waals surface area contributed by atoms with Crippen LogP contribution < -0.4 is 0 Å². The highest BCUT2D eigenvalue weighted by molar-refractivity contribution is 7.90. The number of piperazine rings is 1. The highest BCUT2D eigenvalue weighted by atomic mass is 32.2. The van der Waals surface area contributed by atoms with Gasteiger partial charge in [-0.05, 0) is 52.3 Å². The molecule has 0 aliphatic carbocycles. The molecule has 2 saturated heterocycles. The van der Waals surface area contributed by atoms with Crippen molar-refractivity contribution in [1.82, 2.24) is 14.1 Å². The van der Waals surface area contributed by atoms with Crippen LogP contribution in [0.1, 0.15) is 39.2 Å². The molecule has 0 aromatic heterocycles. The number of nitrogens with zero attached hydrogens (tertiary/aromatic N) is 3. The van der Waals surface area contributed by atoms with Crippen LogP contribution in [-0.4, -0.2) is 72.6 Å². The lowest BCUT2D eigenvalue weighted by Crippen LogP contribution is -2.56. The number of likely N-dealkylation sites (tertiary alicyclic amines) is 1.